The molecular formula is C10H6N2O4. The van der Waals surface area contributed by atoms with E-state index in [1.54, 1.807) is 0 Å². The van der Waals surface area contributed by atoms with Crippen molar-refractivity contribution in [2.75, 3.05) is 7.11 Å². The number of rotatable bonds is 2. The molecule has 0 N–H and O–H groups in total. The Labute approximate surface area is 89.8 Å². The molecule has 1 aromatic carbocycles. The maximum absolute atomic E-state index is 10.7. The summed E-state index contributed by atoms with van der Waals surface area (Å²) in [5, 5.41) is 20.0. The Morgan fingerprint density at radius 1 is 1.50 bits per heavy atom. The van der Waals surface area contributed by atoms with Gasteiger partial charge in [-0.1, -0.05) is 0 Å². The molecule has 0 aliphatic rings. The van der Waals surface area contributed by atoms with E-state index in [0.717, 1.165) is 0 Å². The second-order valence-electron chi connectivity index (χ2n) is 3.04. The molecule has 0 spiro atoms. The molecule has 0 fully saturated rings. The first-order valence-corrected chi connectivity index (χ1v) is 4.32. The van der Waals surface area contributed by atoms with Crippen molar-refractivity contribution in [3.8, 4) is 11.8 Å². The van der Waals surface area contributed by atoms with Gasteiger partial charge >= 0.3 is 5.69 Å². The largest absolute Gasteiger partial charge is 0.490 e. The molecule has 1 aromatic heterocycles. The van der Waals surface area contributed by atoms with Crippen LogP contribution >= 0.6 is 0 Å². The third-order valence-electron chi connectivity index (χ3n) is 2.12. The highest BCUT2D eigenvalue weighted by Gasteiger charge is 2.18. The standard InChI is InChI=1S/C10H6N2O4/c1-15-10-3-6-2-7(5-11)16-9(6)4-8(10)12(13)14/h2-4H,1H3. The number of benzene rings is 1. The first-order valence-electron chi connectivity index (χ1n) is 4.32. The maximum atomic E-state index is 10.7. The van der Waals surface area contributed by atoms with Crippen molar-refractivity contribution >= 4 is 16.7 Å². The summed E-state index contributed by atoms with van der Waals surface area (Å²) in [5.41, 5.74) is 0.109. The number of hydrogen-bond donors (Lipinski definition) is 0. The predicted octanol–water partition coefficient (Wildman–Crippen LogP) is 2.22. The van der Waals surface area contributed by atoms with Gasteiger partial charge in [0.05, 0.1) is 18.1 Å². The fourth-order valence-corrected chi connectivity index (χ4v) is 1.42. The number of nitro benzene ring substituents is 1. The van der Waals surface area contributed by atoms with Crippen LogP contribution in [0.2, 0.25) is 0 Å². The quantitative estimate of drug-likeness (QED) is 0.569. The van der Waals surface area contributed by atoms with E-state index in [4.69, 9.17) is 14.4 Å². The molecule has 0 aliphatic carbocycles. The van der Waals surface area contributed by atoms with Crippen molar-refractivity contribution < 1.29 is 14.1 Å². The van der Waals surface area contributed by atoms with E-state index in [1.165, 1.54) is 25.3 Å². The van der Waals surface area contributed by atoms with Gasteiger partial charge in [0.25, 0.3) is 0 Å². The van der Waals surface area contributed by atoms with E-state index in [1.807, 2.05) is 6.07 Å². The summed E-state index contributed by atoms with van der Waals surface area (Å²) in [4.78, 5) is 10.2. The van der Waals surface area contributed by atoms with Gasteiger partial charge in [-0.05, 0) is 6.07 Å². The van der Waals surface area contributed by atoms with Gasteiger partial charge in [-0.2, -0.15) is 5.26 Å². The minimum Gasteiger partial charge on any atom is -0.490 e. The molecule has 16 heavy (non-hydrogen) atoms. The van der Waals surface area contributed by atoms with Gasteiger partial charge in [-0.25, -0.2) is 0 Å². The van der Waals surface area contributed by atoms with E-state index < -0.39 is 4.92 Å². The Morgan fingerprint density at radius 2 is 2.25 bits per heavy atom. The third-order valence-corrected chi connectivity index (χ3v) is 2.12. The minimum atomic E-state index is -0.563. The molecule has 0 aliphatic heterocycles. The van der Waals surface area contributed by atoms with Gasteiger partial charge in [0.2, 0.25) is 5.76 Å². The van der Waals surface area contributed by atoms with Gasteiger partial charge in [0, 0.05) is 11.5 Å². The number of nitriles is 1. The lowest BCUT2D eigenvalue weighted by atomic mass is 10.2. The Kier molecular flexibility index (Phi) is 2.21. The lowest BCUT2D eigenvalue weighted by Crippen LogP contribution is -1.92. The van der Waals surface area contributed by atoms with Crippen molar-refractivity contribution in [3.63, 3.8) is 0 Å². The lowest BCUT2D eigenvalue weighted by Gasteiger charge is -2.00. The summed E-state index contributed by atoms with van der Waals surface area (Å²) in [5.74, 6) is 0.250. The molecule has 80 valence electrons. The summed E-state index contributed by atoms with van der Waals surface area (Å²) in [6.07, 6.45) is 0. The zero-order chi connectivity index (χ0) is 11.7. The number of methoxy groups -OCH3 is 1. The molecule has 0 bridgehead atoms. The molecule has 0 radical (unpaired) electrons. The fourth-order valence-electron chi connectivity index (χ4n) is 1.42. The normalized spacial score (nSPS) is 10.0. The number of ether oxygens (including phenoxy) is 1. The second-order valence-corrected chi connectivity index (χ2v) is 3.04. The maximum Gasteiger partial charge on any atom is 0.314 e. The van der Waals surface area contributed by atoms with Crippen LogP contribution < -0.4 is 4.74 Å². The second kappa shape index (κ2) is 3.55. The van der Waals surface area contributed by atoms with E-state index in [0.29, 0.717) is 11.0 Å². The minimum absolute atomic E-state index is 0.109. The molecule has 6 heteroatoms. The third kappa shape index (κ3) is 1.44. The molecule has 0 unspecified atom stereocenters. The van der Waals surface area contributed by atoms with Crippen LogP contribution in [0.3, 0.4) is 0 Å². The summed E-state index contributed by atoms with van der Waals surface area (Å²) in [6.45, 7) is 0. The van der Waals surface area contributed by atoms with Crippen LogP contribution in [0.5, 0.6) is 5.75 Å². The van der Waals surface area contributed by atoms with Crippen LogP contribution in [0.4, 0.5) is 5.69 Å². The summed E-state index contributed by atoms with van der Waals surface area (Å²) >= 11 is 0. The molecular weight excluding hydrogens is 212 g/mol. The number of nitro groups is 1. The van der Waals surface area contributed by atoms with Crippen molar-refractivity contribution in [2.45, 2.75) is 0 Å². The molecule has 0 saturated carbocycles. The Hall–Kier alpha value is -2.55. The van der Waals surface area contributed by atoms with Crippen LogP contribution in [0, 0.1) is 21.4 Å². The van der Waals surface area contributed by atoms with Gasteiger partial charge in [0.15, 0.2) is 5.75 Å². The summed E-state index contributed by atoms with van der Waals surface area (Å²) in [7, 11) is 1.35. The number of nitrogens with zero attached hydrogens (tertiary/aromatic N) is 2. The number of hydrogen-bond acceptors (Lipinski definition) is 5. The number of fused-ring (bicyclic) bond motifs is 1. The molecule has 6 nitrogen and oxygen atoms in total. The van der Waals surface area contributed by atoms with Crippen LogP contribution in [-0.2, 0) is 0 Å². The Balaban J connectivity index is 2.73. The smallest absolute Gasteiger partial charge is 0.314 e. The van der Waals surface area contributed by atoms with Crippen LogP contribution in [0.15, 0.2) is 22.6 Å². The SMILES string of the molecule is COc1cc2cc(C#N)oc2cc1[N+](=O)[O-]. The predicted molar refractivity (Wildman–Crippen MR) is 54.1 cm³/mol. The molecule has 2 aromatic rings. The van der Waals surface area contributed by atoms with E-state index in [9.17, 15) is 10.1 Å². The Bertz CT molecular complexity index is 609. The van der Waals surface area contributed by atoms with Gasteiger partial charge in [0.1, 0.15) is 11.7 Å². The summed E-state index contributed by atoms with van der Waals surface area (Å²) in [6, 6.07) is 6.04. The zero-order valence-corrected chi connectivity index (χ0v) is 8.26. The van der Waals surface area contributed by atoms with Crippen molar-refractivity contribution in [1.82, 2.24) is 0 Å². The van der Waals surface area contributed by atoms with E-state index in [-0.39, 0.29) is 17.2 Å². The molecule has 0 amide bonds. The topological polar surface area (TPSA) is 89.3 Å². The first kappa shape index (κ1) is 9.98. The highest BCUT2D eigenvalue weighted by molar-refractivity contribution is 5.83. The van der Waals surface area contributed by atoms with Gasteiger partial charge < -0.3 is 9.15 Å². The average Bonchev–Trinajstić information content (AvgIpc) is 2.68. The van der Waals surface area contributed by atoms with Crippen molar-refractivity contribution in [1.29, 1.82) is 5.26 Å². The highest BCUT2D eigenvalue weighted by atomic mass is 16.6. The lowest BCUT2D eigenvalue weighted by molar-refractivity contribution is -0.385. The van der Waals surface area contributed by atoms with Crippen LogP contribution in [-0.4, -0.2) is 12.0 Å². The van der Waals surface area contributed by atoms with Crippen molar-refractivity contribution in [3.05, 3.63) is 34.1 Å². The molecule has 0 saturated heterocycles. The molecule has 2 rings (SSSR count). The first-order chi connectivity index (χ1) is 7.65. The highest BCUT2D eigenvalue weighted by Crippen LogP contribution is 2.33. The monoisotopic (exact) mass is 218 g/mol. The number of furan rings is 1. The van der Waals surface area contributed by atoms with Gasteiger partial charge in [-0.15, -0.1) is 0 Å². The zero-order valence-electron chi connectivity index (χ0n) is 8.26. The van der Waals surface area contributed by atoms with E-state index >= 15 is 0 Å². The average molecular weight is 218 g/mol. The molecule has 0 atom stereocenters. The fraction of sp³-hybridized carbons (Fsp3) is 0.100. The summed E-state index contributed by atoms with van der Waals surface area (Å²) < 4.78 is 9.98. The Morgan fingerprint density at radius 3 is 2.81 bits per heavy atom. The van der Waals surface area contributed by atoms with Crippen molar-refractivity contribution in [2.24, 2.45) is 0 Å². The van der Waals surface area contributed by atoms with E-state index in [2.05, 4.69) is 0 Å². The van der Waals surface area contributed by atoms with Gasteiger partial charge in [-0.3, -0.25) is 10.1 Å². The molecule has 1 heterocycles. The van der Waals surface area contributed by atoms with Crippen LogP contribution in [0.25, 0.3) is 11.0 Å². The van der Waals surface area contributed by atoms with Crippen LogP contribution in [0.1, 0.15) is 5.76 Å².